The van der Waals surface area contributed by atoms with E-state index >= 15 is 0 Å². The van der Waals surface area contributed by atoms with Crippen LogP contribution in [0.25, 0.3) is 10.9 Å². The van der Waals surface area contributed by atoms with E-state index < -0.39 is 10.0 Å². The minimum Gasteiger partial charge on any atom is -0.343 e. The highest BCUT2D eigenvalue weighted by atomic mass is 35.5. The van der Waals surface area contributed by atoms with Gasteiger partial charge in [-0.05, 0) is 55.2 Å². The fourth-order valence-electron chi connectivity index (χ4n) is 5.57. The zero-order valence-electron chi connectivity index (χ0n) is 19.4. The highest BCUT2D eigenvalue weighted by Crippen LogP contribution is 2.57. The third-order valence-electron chi connectivity index (χ3n) is 7.53. The first kappa shape index (κ1) is 23.0. The molecule has 10 heteroatoms. The second kappa shape index (κ2) is 8.58. The molecule has 0 radical (unpaired) electrons. The van der Waals surface area contributed by atoms with Crippen molar-refractivity contribution < 1.29 is 13.2 Å². The van der Waals surface area contributed by atoms with E-state index in [1.54, 1.807) is 16.7 Å². The zero-order chi connectivity index (χ0) is 24.2. The molecule has 1 spiro atoms. The number of nitrogens with zero attached hydrogens (tertiary/aromatic N) is 4. The van der Waals surface area contributed by atoms with Gasteiger partial charge in [0.25, 0.3) is 0 Å². The average Bonchev–Trinajstić information content (AvgIpc) is 3.56. The normalized spacial score (nSPS) is 19.6. The van der Waals surface area contributed by atoms with Crippen LogP contribution in [0.5, 0.6) is 0 Å². The monoisotopic (exact) mass is 513 g/mol. The molecule has 1 amide bonds. The number of nitrogens with one attached hydrogen (secondary N) is 1. The molecule has 0 unspecified atom stereocenters. The minimum absolute atomic E-state index is 0.0954. The number of piperazine rings is 1. The van der Waals surface area contributed by atoms with Crippen LogP contribution in [-0.2, 0) is 33.3 Å². The topological polar surface area (TPSA) is 87.5 Å². The number of halogens is 1. The Morgan fingerprint density at radius 3 is 2.69 bits per heavy atom. The lowest BCUT2D eigenvalue weighted by Crippen LogP contribution is -2.47. The van der Waals surface area contributed by atoms with Gasteiger partial charge in [-0.3, -0.25) is 9.78 Å². The van der Waals surface area contributed by atoms with Crippen molar-refractivity contribution in [2.75, 3.05) is 36.8 Å². The molecule has 0 bridgehead atoms. The van der Waals surface area contributed by atoms with Crippen LogP contribution in [0.2, 0.25) is 5.02 Å². The van der Waals surface area contributed by atoms with Gasteiger partial charge >= 0.3 is 0 Å². The molecule has 8 nitrogen and oxygen atoms in total. The Labute approximate surface area is 209 Å². The summed E-state index contributed by atoms with van der Waals surface area (Å²) in [5.74, 6) is 0.231. The Balaban J connectivity index is 1.28. The summed E-state index contributed by atoms with van der Waals surface area (Å²) >= 11 is 6.26. The first-order chi connectivity index (χ1) is 16.9. The molecule has 1 N–H and O–H groups in total. The van der Waals surface area contributed by atoms with Crippen molar-refractivity contribution in [3.63, 3.8) is 0 Å². The molecule has 1 aliphatic carbocycles. The van der Waals surface area contributed by atoms with Crippen LogP contribution in [0.1, 0.15) is 30.5 Å². The molecule has 1 saturated carbocycles. The molecule has 1 aromatic carbocycles. The summed E-state index contributed by atoms with van der Waals surface area (Å²) in [5.41, 5.74) is 3.53. The Kier molecular flexibility index (Phi) is 5.63. The number of anilines is 1. The maximum Gasteiger partial charge on any atom is 0.238 e. The van der Waals surface area contributed by atoms with Gasteiger partial charge in [-0.25, -0.2) is 8.42 Å². The van der Waals surface area contributed by atoms with Gasteiger partial charge < -0.3 is 14.8 Å². The average molecular weight is 514 g/mol. The number of rotatable bonds is 7. The van der Waals surface area contributed by atoms with Crippen molar-refractivity contribution in [3.8, 4) is 0 Å². The number of carbonyl (C=O) groups excluding carboxylic acids is 1. The molecular weight excluding hydrogens is 486 g/mol. The second-order valence-electron chi connectivity index (χ2n) is 9.68. The number of amides is 1. The first-order valence-corrected chi connectivity index (χ1v) is 14.1. The molecule has 3 aliphatic rings. The number of sulfonamides is 1. The zero-order valence-corrected chi connectivity index (χ0v) is 21.0. The van der Waals surface area contributed by atoms with Gasteiger partial charge in [-0.15, -0.1) is 0 Å². The van der Waals surface area contributed by atoms with Crippen molar-refractivity contribution in [3.05, 3.63) is 59.0 Å². The number of pyridine rings is 1. The molecule has 2 aliphatic heterocycles. The Hall–Kier alpha value is -2.46. The molecule has 3 aromatic rings. The van der Waals surface area contributed by atoms with E-state index in [4.69, 9.17) is 11.6 Å². The second-order valence-corrected chi connectivity index (χ2v) is 12.2. The SMILES string of the molecule is O=C1N(Cc2cc3cc(Cl)ccc3n2CCCS(=O)(=O)N2CCNCC2)c2cnccc2C12CC2. The van der Waals surface area contributed by atoms with Crippen LogP contribution in [-0.4, -0.2) is 60.1 Å². The molecule has 6 rings (SSSR count). The number of fused-ring (bicyclic) bond motifs is 3. The van der Waals surface area contributed by atoms with Crippen LogP contribution >= 0.6 is 11.6 Å². The molecule has 184 valence electrons. The van der Waals surface area contributed by atoms with E-state index in [1.165, 1.54) is 0 Å². The number of aryl methyl sites for hydroxylation is 1. The lowest BCUT2D eigenvalue weighted by Gasteiger charge is -2.26. The van der Waals surface area contributed by atoms with Crippen LogP contribution in [0.3, 0.4) is 0 Å². The number of hydrogen-bond donors (Lipinski definition) is 1. The molecule has 4 heterocycles. The fraction of sp³-hybridized carbons (Fsp3) is 0.440. The highest BCUT2D eigenvalue weighted by molar-refractivity contribution is 7.89. The lowest BCUT2D eigenvalue weighted by molar-refractivity contribution is -0.120. The van der Waals surface area contributed by atoms with Gasteiger partial charge in [0, 0.05) is 60.5 Å². The third kappa shape index (κ3) is 3.94. The largest absolute Gasteiger partial charge is 0.343 e. The van der Waals surface area contributed by atoms with Crippen molar-refractivity contribution in [2.24, 2.45) is 0 Å². The van der Waals surface area contributed by atoms with Crippen LogP contribution in [0, 0.1) is 0 Å². The summed E-state index contributed by atoms with van der Waals surface area (Å²) in [6.07, 6.45) is 5.78. The predicted molar refractivity (Wildman–Crippen MR) is 136 cm³/mol. The van der Waals surface area contributed by atoms with Gasteiger partial charge in [0.15, 0.2) is 0 Å². The van der Waals surface area contributed by atoms with Crippen LogP contribution in [0.4, 0.5) is 5.69 Å². The maximum atomic E-state index is 13.4. The molecule has 2 aromatic heterocycles. The first-order valence-electron chi connectivity index (χ1n) is 12.1. The summed E-state index contributed by atoms with van der Waals surface area (Å²) in [4.78, 5) is 19.6. The van der Waals surface area contributed by atoms with Gasteiger partial charge in [0.2, 0.25) is 15.9 Å². The van der Waals surface area contributed by atoms with E-state index in [0.717, 1.165) is 40.7 Å². The Morgan fingerprint density at radius 2 is 1.91 bits per heavy atom. The van der Waals surface area contributed by atoms with Crippen LogP contribution < -0.4 is 10.2 Å². The van der Waals surface area contributed by atoms with Gasteiger partial charge in [-0.1, -0.05) is 11.6 Å². The number of aromatic nitrogens is 2. The van der Waals surface area contributed by atoms with E-state index in [1.807, 2.05) is 29.2 Å². The molecule has 1 saturated heterocycles. The number of benzene rings is 1. The molecule has 2 fully saturated rings. The van der Waals surface area contributed by atoms with Crippen LogP contribution in [0.15, 0.2) is 42.7 Å². The fourth-order valence-corrected chi connectivity index (χ4v) is 7.24. The smallest absolute Gasteiger partial charge is 0.238 e. The summed E-state index contributed by atoms with van der Waals surface area (Å²) in [7, 11) is -3.30. The number of carbonyl (C=O) groups is 1. The summed E-state index contributed by atoms with van der Waals surface area (Å²) < 4.78 is 29.4. The van der Waals surface area contributed by atoms with Gasteiger partial charge in [0.05, 0.1) is 29.6 Å². The molecule has 0 atom stereocenters. The number of hydrogen-bond acceptors (Lipinski definition) is 5. The maximum absolute atomic E-state index is 13.4. The van der Waals surface area contributed by atoms with E-state index in [2.05, 4.69) is 20.9 Å². The quantitative estimate of drug-likeness (QED) is 0.525. The van der Waals surface area contributed by atoms with Gasteiger partial charge in [0.1, 0.15) is 0 Å². The molecule has 35 heavy (non-hydrogen) atoms. The summed E-state index contributed by atoms with van der Waals surface area (Å²) in [6.45, 7) is 3.37. The van der Waals surface area contributed by atoms with E-state index in [0.29, 0.717) is 50.7 Å². The summed E-state index contributed by atoms with van der Waals surface area (Å²) in [6, 6.07) is 9.76. The summed E-state index contributed by atoms with van der Waals surface area (Å²) in [5, 5.41) is 4.82. The standard InChI is InChI=1S/C25H28ClN5O3S/c26-19-2-3-22-18(14-19)15-20(30(22)10-1-13-35(33,34)29-11-8-27-9-12-29)17-31-23-16-28-7-4-21(23)25(5-6-25)24(31)32/h2-4,7,14-16,27H,1,5-6,8-13,17H2. The Bertz CT molecular complexity index is 1410. The van der Waals surface area contributed by atoms with Gasteiger partial charge in [-0.2, -0.15) is 4.31 Å². The lowest BCUT2D eigenvalue weighted by atomic mass is 9.99. The highest BCUT2D eigenvalue weighted by Gasteiger charge is 2.59. The van der Waals surface area contributed by atoms with Crippen molar-refractivity contribution in [1.82, 2.24) is 19.2 Å². The van der Waals surface area contributed by atoms with E-state index in [9.17, 15) is 13.2 Å². The van der Waals surface area contributed by atoms with Crippen molar-refractivity contribution in [2.45, 2.75) is 37.8 Å². The Morgan fingerprint density at radius 1 is 1.11 bits per heavy atom. The minimum atomic E-state index is -3.30. The van der Waals surface area contributed by atoms with Crippen molar-refractivity contribution >= 4 is 44.1 Å². The van der Waals surface area contributed by atoms with Crippen molar-refractivity contribution in [1.29, 1.82) is 0 Å². The van der Waals surface area contributed by atoms with E-state index in [-0.39, 0.29) is 17.1 Å². The molecular formula is C25H28ClN5O3S. The third-order valence-corrected chi connectivity index (χ3v) is 9.73. The predicted octanol–water partition coefficient (Wildman–Crippen LogP) is 2.89.